The van der Waals surface area contributed by atoms with Crippen molar-refractivity contribution in [2.24, 2.45) is 0 Å². The van der Waals surface area contributed by atoms with Crippen molar-refractivity contribution < 1.29 is 9.32 Å². The highest BCUT2D eigenvalue weighted by molar-refractivity contribution is 7.10. The van der Waals surface area contributed by atoms with Gasteiger partial charge in [0, 0.05) is 23.4 Å². The van der Waals surface area contributed by atoms with Crippen LogP contribution in [0.5, 0.6) is 0 Å². The molecule has 2 aromatic heterocycles. The van der Waals surface area contributed by atoms with E-state index in [4.69, 9.17) is 4.52 Å². The largest absolute Gasteiger partial charge is 0.360 e. The standard InChI is InChI=1S/C15H18N2O2S/c1-10(2)13-9-11(16-19-13)15(18)17-7-3-5-12(17)14-6-4-8-20-14/h4,6,8-10,12H,3,5,7H2,1-2H3. The zero-order valence-electron chi connectivity index (χ0n) is 11.7. The minimum absolute atomic E-state index is 0.0171. The number of carbonyl (C=O) groups excluding carboxylic acids is 1. The van der Waals surface area contributed by atoms with Crippen molar-refractivity contribution in [2.75, 3.05) is 6.54 Å². The summed E-state index contributed by atoms with van der Waals surface area (Å²) in [5, 5.41) is 5.99. The molecule has 0 aromatic carbocycles. The second-order valence-electron chi connectivity index (χ2n) is 5.44. The number of nitrogens with zero attached hydrogens (tertiary/aromatic N) is 2. The molecule has 1 atom stereocenters. The van der Waals surface area contributed by atoms with Gasteiger partial charge in [0.1, 0.15) is 5.76 Å². The monoisotopic (exact) mass is 290 g/mol. The Labute approximate surface area is 122 Å². The van der Waals surface area contributed by atoms with Crippen molar-refractivity contribution in [2.45, 2.75) is 38.6 Å². The van der Waals surface area contributed by atoms with Crippen molar-refractivity contribution in [1.82, 2.24) is 10.1 Å². The summed E-state index contributed by atoms with van der Waals surface area (Å²) in [5.41, 5.74) is 0.428. The van der Waals surface area contributed by atoms with Crippen molar-refractivity contribution in [3.63, 3.8) is 0 Å². The lowest BCUT2D eigenvalue weighted by Crippen LogP contribution is -2.30. The predicted octanol–water partition coefficient (Wildman–Crippen LogP) is 3.84. The van der Waals surface area contributed by atoms with E-state index in [1.54, 1.807) is 17.4 Å². The molecule has 1 unspecified atom stereocenters. The molecule has 1 fully saturated rings. The highest BCUT2D eigenvalue weighted by atomic mass is 32.1. The maximum absolute atomic E-state index is 12.6. The van der Waals surface area contributed by atoms with Crippen molar-refractivity contribution in [3.8, 4) is 0 Å². The molecule has 4 nitrogen and oxygen atoms in total. The van der Waals surface area contributed by atoms with Crippen LogP contribution in [0.25, 0.3) is 0 Å². The van der Waals surface area contributed by atoms with Crippen LogP contribution in [0.3, 0.4) is 0 Å². The summed E-state index contributed by atoms with van der Waals surface area (Å²) in [5.74, 6) is 0.993. The molecule has 0 saturated carbocycles. The van der Waals surface area contributed by atoms with Crippen molar-refractivity contribution >= 4 is 17.2 Å². The first-order chi connectivity index (χ1) is 9.66. The van der Waals surface area contributed by atoms with Gasteiger partial charge < -0.3 is 9.42 Å². The fourth-order valence-corrected chi connectivity index (χ4v) is 3.47. The van der Waals surface area contributed by atoms with E-state index in [1.165, 1.54) is 4.88 Å². The molecule has 0 bridgehead atoms. The van der Waals surface area contributed by atoms with Crippen LogP contribution in [-0.4, -0.2) is 22.5 Å². The van der Waals surface area contributed by atoms with Crippen LogP contribution in [0.4, 0.5) is 0 Å². The number of amides is 1. The van der Waals surface area contributed by atoms with Crippen molar-refractivity contribution in [3.05, 3.63) is 39.9 Å². The quantitative estimate of drug-likeness (QED) is 0.863. The number of rotatable bonds is 3. The first-order valence-corrected chi connectivity index (χ1v) is 7.85. The third-order valence-corrected chi connectivity index (χ3v) is 4.68. The van der Waals surface area contributed by atoms with Crippen LogP contribution in [0, 0.1) is 0 Å². The van der Waals surface area contributed by atoms with Gasteiger partial charge in [0.2, 0.25) is 0 Å². The molecule has 1 aliphatic rings. The Morgan fingerprint density at radius 2 is 2.40 bits per heavy atom. The van der Waals surface area contributed by atoms with Crippen molar-refractivity contribution in [1.29, 1.82) is 0 Å². The highest BCUT2D eigenvalue weighted by Crippen LogP contribution is 2.35. The van der Waals surface area contributed by atoms with Gasteiger partial charge in [-0.1, -0.05) is 25.1 Å². The normalized spacial score (nSPS) is 18.9. The van der Waals surface area contributed by atoms with Gasteiger partial charge in [-0.25, -0.2) is 0 Å². The topological polar surface area (TPSA) is 46.3 Å². The molecule has 2 aromatic rings. The minimum Gasteiger partial charge on any atom is -0.360 e. The second kappa shape index (κ2) is 5.40. The average molecular weight is 290 g/mol. The van der Waals surface area contributed by atoms with Gasteiger partial charge in [-0.15, -0.1) is 11.3 Å². The first-order valence-electron chi connectivity index (χ1n) is 6.98. The van der Waals surface area contributed by atoms with Gasteiger partial charge in [0.15, 0.2) is 5.69 Å². The van der Waals surface area contributed by atoms with Crippen LogP contribution >= 0.6 is 11.3 Å². The molecule has 0 spiro atoms. The van der Waals surface area contributed by atoms with E-state index < -0.39 is 0 Å². The van der Waals surface area contributed by atoms with Gasteiger partial charge in [0.05, 0.1) is 6.04 Å². The summed E-state index contributed by atoms with van der Waals surface area (Å²) in [6.07, 6.45) is 2.07. The summed E-state index contributed by atoms with van der Waals surface area (Å²) < 4.78 is 5.24. The van der Waals surface area contributed by atoms with Gasteiger partial charge in [-0.3, -0.25) is 4.79 Å². The Morgan fingerprint density at radius 1 is 1.55 bits per heavy atom. The molecule has 3 heterocycles. The molecule has 0 N–H and O–H groups in total. The Hall–Kier alpha value is -1.62. The van der Waals surface area contributed by atoms with Crippen LogP contribution in [0.15, 0.2) is 28.1 Å². The maximum Gasteiger partial charge on any atom is 0.276 e. The van der Waals surface area contributed by atoms with Crippen LogP contribution in [0.2, 0.25) is 0 Å². The summed E-state index contributed by atoms with van der Waals surface area (Å²) in [4.78, 5) is 15.8. The molecule has 106 valence electrons. The van der Waals surface area contributed by atoms with Gasteiger partial charge >= 0.3 is 0 Å². The number of likely N-dealkylation sites (tertiary alicyclic amines) is 1. The SMILES string of the molecule is CC(C)c1cc(C(=O)N2CCCC2c2cccs2)no1. The number of aromatic nitrogens is 1. The molecular weight excluding hydrogens is 272 g/mol. The lowest BCUT2D eigenvalue weighted by atomic mass is 10.1. The zero-order chi connectivity index (χ0) is 14.1. The third kappa shape index (κ3) is 2.38. The van der Waals surface area contributed by atoms with E-state index in [0.717, 1.165) is 25.1 Å². The Morgan fingerprint density at radius 3 is 3.05 bits per heavy atom. The molecule has 1 amide bonds. The summed E-state index contributed by atoms with van der Waals surface area (Å²) in [6.45, 7) is 4.85. The average Bonchev–Trinajstić information content (AvgIpc) is 3.17. The van der Waals surface area contributed by atoms with E-state index in [2.05, 4.69) is 16.6 Å². The fraction of sp³-hybridized carbons (Fsp3) is 0.467. The predicted molar refractivity (Wildman–Crippen MR) is 77.9 cm³/mol. The minimum atomic E-state index is -0.0171. The van der Waals surface area contributed by atoms with Gasteiger partial charge in [-0.05, 0) is 24.3 Å². The zero-order valence-corrected chi connectivity index (χ0v) is 12.5. The molecule has 3 rings (SSSR count). The molecule has 0 radical (unpaired) electrons. The molecular formula is C15H18N2O2S. The second-order valence-corrected chi connectivity index (χ2v) is 6.42. The van der Waals surface area contributed by atoms with Gasteiger partial charge in [-0.2, -0.15) is 0 Å². The molecule has 20 heavy (non-hydrogen) atoms. The molecule has 1 saturated heterocycles. The summed E-state index contributed by atoms with van der Waals surface area (Å²) in [7, 11) is 0. The Bertz CT molecular complexity index is 589. The summed E-state index contributed by atoms with van der Waals surface area (Å²) in [6, 6.07) is 6.11. The lowest BCUT2D eigenvalue weighted by Gasteiger charge is -2.22. The first kappa shape index (κ1) is 13.4. The number of hydrogen-bond donors (Lipinski definition) is 0. The Balaban J connectivity index is 1.82. The number of carbonyl (C=O) groups is 1. The van der Waals surface area contributed by atoms with Crippen LogP contribution in [0.1, 0.15) is 59.8 Å². The van der Waals surface area contributed by atoms with E-state index in [-0.39, 0.29) is 17.9 Å². The smallest absolute Gasteiger partial charge is 0.276 e. The van der Waals surface area contributed by atoms with E-state index in [1.807, 2.05) is 24.8 Å². The third-order valence-electron chi connectivity index (χ3n) is 3.70. The maximum atomic E-state index is 12.6. The fourth-order valence-electron chi connectivity index (χ4n) is 2.60. The molecule has 5 heteroatoms. The van der Waals surface area contributed by atoms with E-state index in [9.17, 15) is 4.79 Å². The van der Waals surface area contributed by atoms with Crippen LogP contribution < -0.4 is 0 Å². The van der Waals surface area contributed by atoms with Crippen LogP contribution in [-0.2, 0) is 0 Å². The highest BCUT2D eigenvalue weighted by Gasteiger charge is 2.32. The van der Waals surface area contributed by atoms with E-state index >= 15 is 0 Å². The number of hydrogen-bond acceptors (Lipinski definition) is 4. The number of thiophene rings is 1. The van der Waals surface area contributed by atoms with Gasteiger partial charge in [0.25, 0.3) is 5.91 Å². The molecule has 0 aliphatic carbocycles. The lowest BCUT2D eigenvalue weighted by molar-refractivity contribution is 0.0727. The molecule has 1 aliphatic heterocycles. The van der Waals surface area contributed by atoms with E-state index in [0.29, 0.717) is 5.69 Å². The summed E-state index contributed by atoms with van der Waals surface area (Å²) >= 11 is 1.71. The Kier molecular flexibility index (Phi) is 3.61.